The number of halogens is 3. The van der Waals surface area contributed by atoms with Crippen LogP contribution in [0.15, 0.2) is 60.8 Å². The summed E-state index contributed by atoms with van der Waals surface area (Å²) in [5, 5.41) is 6.33. The molecule has 1 heterocycles. The fraction of sp³-hybridized carbons (Fsp3) is 0.0526. The van der Waals surface area contributed by atoms with Crippen molar-refractivity contribution >= 4 is 28.9 Å². The Morgan fingerprint density at radius 1 is 0.962 bits per heavy atom. The molecule has 0 atom stereocenters. The van der Waals surface area contributed by atoms with Gasteiger partial charge in [0.2, 0.25) is 0 Å². The van der Waals surface area contributed by atoms with Crippen LogP contribution in [0.1, 0.15) is 16.1 Å². The lowest BCUT2D eigenvalue weighted by Gasteiger charge is -2.09. The molecule has 0 aliphatic heterocycles. The first-order valence-electron chi connectivity index (χ1n) is 7.72. The molecule has 0 saturated heterocycles. The highest BCUT2D eigenvalue weighted by Crippen LogP contribution is 2.16. The normalized spacial score (nSPS) is 10.4. The third-order valence-corrected chi connectivity index (χ3v) is 3.83. The second-order valence-corrected chi connectivity index (χ2v) is 5.93. The molecule has 0 radical (unpaired) electrons. The topological polar surface area (TPSA) is 54.0 Å². The summed E-state index contributed by atoms with van der Waals surface area (Å²) in [6.07, 6.45) is 1.49. The lowest BCUT2D eigenvalue weighted by molar-refractivity contribution is 0.102. The number of carbonyl (C=O) groups excluding carboxylic acids is 1. The Labute approximate surface area is 153 Å². The van der Waals surface area contributed by atoms with Crippen molar-refractivity contribution in [3.63, 3.8) is 0 Å². The minimum Gasteiger partial charge on any atom is -0.381 e. The minimum atomic E-state index is -1.03. The van der Waals surface area contributed by atoms with E-state index in [1.165, 1.54) is 12.3 Å². The van der Waals surface area contributed by atoms with Gasteiger partial charge < -0.3 is 10.6 Å². The molecule has 0 bridgehead atoms. The summed E-state index contributed by atoms with van der Waals surface area (Å²) in [6.45, 7) is 0.547. The Morgan fingerprint density at radius 3 is 2.46 bits per heavy atom. The van der Waals surface area contributed by atoms with Crippen LogP contribution in [0, 0.1) is 11.6 Å². The Morgan fingerprint density at radius 2 is 1.73 bits per heavy atom. The number of aromatic nitrogens is 1. The summed E-state index contributed by atoms with van der Waals surface area (Å²) in [6, 6.07) is 13.8. The maximum Gasteiger partial charge on any atom is 0.274 e. The predicted molar refractivity (Wildman–Crippen MR) is 97.3 cm³/mol. The number of hydrogen-bond acceptors (Lipinski definition) is 3. The zero-order valence-corrected chi connectivity index (χ0v) is 14.2. The molecule has 7 heteroatoms. The van der Waals surface area contributed by atoms with Gasteiger partial charge in [0.15, 0.2) is 11.6 Å². The molecular weight excluding hydrogens is 360 g/mol. The molecule has 0 fully saturated rings. The SMILES string of the molecule is O=C(Nc1ccc(F)c(F)c1)c1cc(NCc2ccc(Cl)cc2)ccn1. The van der Waals surface area contributed by atoms with E-state index in [4.69, 9.17) is 11.6 Å². The van der Waals surface area contributed by atoms with E-state index in [0.29, 0.717) is 17.3 Å². The maximum atomic E-state index is 13.2. The molecule has 26 heavy (non-hydrogen) atoms. The van der Waals surface area contributed by atoms with Crippen LogP contribution in [0.4, 0.5) is 20.2 Å². The molecule has 1 amide bonds. The van der Waals surface area contributed by atoms with E-state index < -0.39 is 17.5 Å². The molecule has 0 saturated carbocycles. The zero-order chi connectivity index (χ0) is 18.5. The van der Waals surface area contributed by atoms with Crippen molar-refractivity contribution in [2.75, 3.05) is 10.6 Å². The number of nitrogens with one attached hydrogen (secondary N) is 2. The quantitative estimate of drug-likeness (QED) is 0.670. The van der Waals surface area contributed by atoms with Crippen LogP contribution >= 0.6 is 11.6 Å². The number of anilines is 2. The van der Waals surface area contributed by atoms with Crippen molar-refractivity contribution < 1.29 is 13.6 Å². The van der Waals surface area contributed by atoms with Gasteiger partial charge in [0.25, 0.3) is 5.91 Å². The lowest BCUT2D eigenvalue weighted by Crippen LogP contribution is -2.14. The van der Waals surface area contributed by atoms with E-state index in [2.05, 4.69) is 15.6 Å². The Kier molecular flexibility index (Phi) is 5.43. The van der Waals surface area contributed by atoms with Crippen LogP contribution in [0.5, 0.6) is 0 Å². The molecule has 3 rings (SSSR count). The summed E-state index contributed by atoms with van der Waals surface area (Å²) >= 11 is 5.85. The van der Waals surface area contributed by atoms with Crippen LogP contribution in [0.3, 0.4) is 0 Å². The van der Waals surface area contributed by atoms with Crippen molar-refractivity contribution in [1.82, 2.24) is 4.98 Å². The van der Waals surface area contributed by atoms with Gasteiger partial charge in [-0.05, 0) is 42.0 Å². The molecule has 132 valence electrons. The van der Waals surface area contributed by atoms with Crippen LogP contribution in [0.2, 0.25) is 5.02 Å². The first kappa shape index (κ1) is 17.8. The van der Waals surface area contributed by atoms with Crippen molar-refractivity contribution in [2.24, 2.45) is 0 Å². The molecule has 0 aliphatic rings. The highest BCUT2D eigenvalue weighted by molar-refractivity contribution is 6.30. The van der Waals surface area contributed by atoms with Crippen molar-refractivity contribution in [2.45, 2.75) is 6.54 Å². The number of nitrogens with zero attached hydrogens (tertiary/aromatic N) is 1. The Hall–Kier alpha value is -2.99. The van der Waals surface area contributed by atoms with Crippen LogP contribution < -0.4 is 10.6 Å². The first-order chi connectivity index (χ1) is 12.5. The van der Waals surface area contributed by atoms with E-state index >= 15 is 0 Å². The number of hydrogen-bond donors (Lipinski definition) is 2. The third-order valence-electron chi connectivity index (χ3n) is 3.58. The average molecular weight is 374 g/mol. The van der Waals surface area contributed by atoms with E-state index in [-0.39, 0.29) is 11.4 Å². The fourth-order valence-corrected chi connectivity index (χ4v) is 2.37. The van der Waals surface area contributed by atoms with Crippen molar-refractivity contribution in [3.05, 3.63) is 88.7 Å². The molecule has 0 aliphatic carbocycles. The maximum absolute atomic E-state index is 13.2. The predicted octanol–water partition coefficient (Wildman–Crippen LogP) is 4.88. The molecule has 2 N–H and O–H groups in total. The number of carbonyl (C=O) groups is 1. The molecule has 1 aromatic heterocycles. The second kappa shape index (κ2) is 7.93. The van der Waals surface area contributed by atoms with Gasteiger partial charge in [-0.3, -0.25) is 9.78 Å². The van der Waals surface area contributed by atoms with Gasteiger partial charge in [0, 0.05) is 35.2 Å². The third kappa shape index (κ3) is 4.55. The smallest absolute Gasteiger partial charge is 0.274 e. The standard InChI is InChI=1S/C19H14ClF2N3O/c20-13-3-1-12(2-4-13)11-24-14-7-8-23-18(10-14)19(26)25-15-5-6-16(21)17(22)9-15/h1-10H,11H2,(H,23,24)(H,25,26). The zero-order valence-electron chi connectivity index (χ0n) is 13.5. The lowest BCUT2D eigenvalue weighted by atomic mass is 10.2. The molecular formula is C19H14ClF2N3O. The molecule has 4 nitrogen and oxygen atoms in total. The largest absolute Gasteiger partial charge is 0.381 e. The summed E-state index contributed by atoms with van der Waals surface area (Å²) in [5.41, 5.74) is 2.02. The van der Waals surface area contributed by atoms with Crippen LogP contribution in [-0.4, -0.2) is 10.9 Å². The van der Waals surface area contributed by atoms with Gasteiger partial charge >= 0.3 is 0 Å². The monoisotopic (exact) mass is 373 g/mol. The van der Waals surface area contributed by atoms with E-state index in [0.717, 1.165) is 17.7 Å². The highest BCUT2D eigenvalue weighted by Gasteiger charge is 2.10. The van der Waals surface area contributed by atoms with Gasteiger partial charge in [-0.15, -0.1) is 0 Å². The van der Waals surface area contributed by atoms with Gasteiger partial charge in [-0.25, -0.2) is 8.78 Å². The van der Waals surface area contributed by atoms with Crippen molar-refractivity contribution in [3.8, 4) is 0 Å². The molecule has 3 aromatic rings. The van der Waals surface area contributed by atoms with Gasteiger partial charge in [-0.2, -0.15) is 0 Å². The highest BCUT2D eigenvalue weighted by atomic mass is 35.5. The minimum absolute atomic E-state index is 0.148. The number of amides is 1. The molecule has 0 unspecified atom stereocenters. The molecule has 2 aromatic carbocycles. The first-order valence-corrected chi connectivity index (χ1v) is 8.10. The average Bonchev–Trinajstić information content (AvgIpc) is 2.64. The van der Waals surface area contributed by atoms with Crippen LogP contribution in [0.25, 0.3) is 0 Å². The summed E-state index contributed by atoms with van der Waals surface area (Å²) < 4.78 is 26.2. The number of pyridine rings is 1. The Balaban J connectivity index is 1.66. The number of rotatable bonds is 5. The summed E-state index contributed by atoms with van der Waals surface area (Å²) in [5.74, 6) is -2.53. The Bertz CT molecular complexity index is 932. The number of benzene rings is 2. The summed E-state index contributed by atoms with van der Waals surface area (Å²) in [7, 11) is 0. The van der Waals surface area contributed by atoms with Gasteiger partial charge in [0.05, 0.1) is 0 Å². The van der Waals surface area contributed by atoms with Gasteiger partial charge in [0.1, 0.15) is 5.69 Å². The van der Waals surface area contributed by atoms with Gasteiger partial charge in [-0.1, -0.05) is 23.7 Å². The molecule has 0 spiro atoms. The summed E-state index contributed by atoms with van der Waals surface area (Å²) in [4.78, 5) is 16.2. The van der Waals surface area contributed by atoms with E-state index in [1.807, 2.05) is 12.1 Å². The van der Waals surface area contributed by atoms with Crippen molar-refractivity contribution in [1.29, 1.82) is 0 Å². The van der Waals surface area contributed by atoms with E-state index in [1.54, 1.807) is 24.3 Å². The second-order valence-electron chi connectivity index (χ2n) is 5.49. The fourth-order valence-electron chi connectivity index (χ4n) is 2.24. The van der Waals surface area contributed by atoms with E-state index in [9.17, 15) is 13.6 Å². The van der Waals surface area contributed by atoms with Crippen LogP contribution in [-0.2, 0) is 6.54 Å².